The number of nitrogens with zero attached hydrogens (tertiary/aromatic N) is 2. The number of halogens is 1. The summed E-state index contributed by atoms with van der Waals surface area (Å²) in [5.74, 6) is -0.242. The third-order valence-electron chi connectivity index (χ3n) is 8.24. The first-order chi connectivity index (χ1) is 21.2. The van der Waals surface area contributed by atoms with E-state index in [2.05, 4.69) is 100 Å². The van der Waals surface area contributed by atoms with Crippen molar-refractivity contribution >= 4 is 81.5 Å². The molecule has 3 nitrogen and oxygen atoms in total. The van der Waals surface area contributed by atoms with Gasteiger partial charge in [-0.15, -0.1) is 11.3 Å². The number of hydrogen-bond acceptors (Lipinski definition) is 3. The van der Waals surface area contributed by atoms with Crippen molar-refractivity contribution in [3.05, 3.63) is 145 Å². The van der Waals surface area contributed by atoms with Gasteiger partial charge in [-0.2, -0.15) is 0 Å². The molecule has 0 radical (unpaired) electrons. The summed E-state index contributed by atoms with van der Waals surface area (Å²) in [5, 5.41) is 4.58. The molecule has 0 saturated carbocycles. The largest absolute Gasteiger partial charge is 0.454 e. The molecule has 0 amide bonds. The zero-order valence-corrected chi connectivity index (χ0v) is 23.7. The lowest BCUT2D eigenvalue weighted by atomic mass is 10.1. The molecule has 0 bridgehead atoms. The van der Waals surface area contributed by atoms with Crippen LogP contribution >= 0.6 is 11.3 Å². The highest BCUT2D eigenvalue weighted by molar-refractivity contribution is 7.26. The zero-order chi connectivity index (χ0) is 28.5. The van der Waals surface area contributed by atoms with E-state index < -0.39 is 0 Å². The highest BCUT2D eigenvalue weighted by Gasteiger charge is 2.19. The summed E-state index contributed by atoms with van der Waals surface area (Å²) in [4.78, 5) is 2.31. The second-order valence-corrected chi connectivity index (χ2v) is 11.8. The number of benzene rings is 6. The fourth-order valence-electron chi connectivity index (χ4n) is 6.33. The van der Waals surface area contributed by atoms with Crippen molar-refractivity contribution in [3.8, 4) is 5.69 Å². The summed E-state index contributed by atoms with van der Waals surface area (Å²) in [6.45, 7) is 0. The van der Waals surface area contributed by atoms with Crippen LogP contribution < -0.4 is 4.90 Å². The first-order valence-corrected chi connectivity index (χ1v) is 15.0. The number of para-hydroxylation sites is 3. The van der Waals surface area contributed by atoms with Crippen LogP contribution in [0.15, 0.2) is 144 Å². The van der Waals surface area contributed by atoms with Gasteiger partial charge in [-0.05, 0) is 91.0 Å². The van der Waals surface area contributed by atoms with E-state index in [0.29, 0.717) is 0 Å². The van der Waals surface area contributed by atoms with E-state index in [1.807, 2.05) is 36.4 Å². The van der Waals surface area contributed by atoms with E-state index in [4.69, 9.17) is 4.42 Å². The topological polar surface area (TPSA) is 21.3 Å². The summed E-state index contributed by atoms with van der Waals surface area (Å²) in [7, 11) is 0. The molecule has 0 fully saturated rings. The van der Waals surface area contributed by atoms with Gasteiger partial charge in [0.1, 0.15) is 11.4 Å². The fourth-order valence-corrected chi connectivity index (χ4v) is 7.52. The number of hydrogen-bond donors (Lipinski definition) is 0. The van der Waals surface area contributed by atoms with Crippen LogP contribution in [-0.4, -0.2) is 4.57 Å². The van der Waals surface area contributed by atoms with Crippen molar-refractivity contribution in [2.75, 3.05) is 4.90 Å². The van der Waals surface area contributed by atoms with Crippen LogP contribution in [0.25, 0.3) is 58.8 Å². The Balaban J connectivity index is 1.26. The Hall–Kier alpha value is -5.39. The number of aromatic nitrogens is 1. The fraction of sp³-hybridized carbons (Fsp3) is 0. The monoisotopic (exact) mass is 574 g/mol. The van der Waals surface area contributed by atoms with Crippen LogP contribution in [0.5, 0.6) is 0 Å². The molecular formula is C38H23FN2OS. The first kappa shape index (κ1) is 24.2. The number of rotatable bonds is 4. The van der Waals surface area contributed by atoms with Crippen LogP contribution in [0, 0.1) is 5.82 Å². The zero-order valence-electron chi connectivity index (χ0n) is 22.9. The lowest BCUT2D eigenvalue weighted by Gasteiger charge is -2.25. The summed E-state index contributed by atoms with van der Waals surface area (Å²) in [5.41, 5.74) is 8.18. The van der Waals surface area contributed by atoms with Gasteiger partial charge >= 0.3 is 0 Å². The van der Waals surface area contributed by atoms with Crippen molar-refractivity contribution in [1.82, 2.24) is 4.57 Å². The molecule has 0 N–H and O–H groups in total. The SMILES string of the molecule is Fc1ccc(-n2c3ccccc3c3cc(N(c4ccccc4)c4ccc5c(c4)sc4c6ccccc6oc54)ccc32)cc1. The standard InChI is InChI=1S/C38H23FN2OS/c39-24-14-16-26(17-15-24)41-33-12-6-4-10-29(33)32-22-27(19-21-34(32)41)40(25-8-2-1-3-9-25)28-18-20-31-36(23-28)43-38-30-11-5-7-13-35(30)42-37(31)38/h1-23H. The van der Waals surface area contributed by atoms with Gasteiger partial charge in [-0.1, -0.05) is 48.5 Å². The van der Waals surface area contributed by atoms with Crippen LogP contribution in [0.4, 0.5) is 21.5 Å². The molecule has 9 aromatic rings. The number of thiophene rings is 1. The van der Waals surface area contributed by atoms with Gasteiger partial charge in [0.2, 0.25) is 0 Å². The third kappa shape index (κ3) is 3.72. The molecule has 3 heterocycles. The normalized spacial score (nSPS) is 11.8. The molecule has 0 aliphatic carbocycles. The molecule has 0 atom stereocenters. The molecular weight excluding hydrogens is 551 g/mol. The Morgan fingerprint density at radius 3 is 2.12 bits per heavy atom. The average Bonchev–Trinajstić information content (AvgIpc) is 3.70. The Labute approximate surface area is 250 Å². The number of fused-ring (bicyclic) bond motifs is 8. The number of anilines is 3. The van der Waals surface area contributed by atoms with Crippen LogP contribution in [-0.2, 0) is 0 Å². The van der Waals surface area contributed by atoms with Crippen LogP contribution in [0.3, 0.4) is 0 Å². The molecule has 0 saturated heterocycles. The molecule has 0 spiro atoms. The minimum atomic E-state index is -0.242. The number of furan rings is 1. The van der Waals surface area contributed by atoms with Gasteiger partial charge in [-0.25, -0.2) is 4.39 Å². The maximum absolute atomic E-state index is 13.8. The summed E-state index contributed by atoms with van der Waals surface area (Å²) in [6, 6.07) is 47.1. The van der Waals surface area contributed by atoms with Crippen molar-refractivity contribution in [2.45, 2.75) is 0 Å². The Morgan fingerprint density at radius 1 is 0.558 bits per heavy atom. The Kier molecular flexibility index (Phi) is 5.25. The van der Waals surface area contributed by atoms with Crippen molar-refractivity contribution in [1.29, 1.82) is 0 Å². The van der Waals surface area contributed by atoms with Gasteiger partial charge in [0.05, 0.1) is 15.7 Å². The van der Waals surface area contributed by atoms with E-state index in [-0.39, 0.29) is 5.82 Å². The summed E-state index contributed by atoms with van der Waals surface area (Å²) < 4.78 is 24.7. The Morgan fingerprint density at radius 2 is 1.26 bits per heavy atom. The summed E-state index contributed by atoms with van der Waals surface area (Å²) >= 11 is 1.78. The van der Waals surface area contributed by atoms with Crippen molar-refractivity contribution in [3.63, 3.8) is 0 Å². The van der Waals surface area contributed by atoms with Gasteiger partial charge in [0, 0.05) is 49.0 Å². The van der Waals surface area contributed by atoms with Gasteiger partial charge < -0.3 is 13.9 Å². The maximum Gasteiger partial charge on any atom is 0.154 e. The minimum absolute atomic E-state index is 0.242. The van der Waals surface area contributed by atoms with E-state index >= 15 is 0 Å². The molecule has 0 aliphatic rings. The molecule has 204 valence electrons. The van der Waals surface area contributed by atoms with E-state index in [1.165, 1.54) is 21.5 Å². The molecule has 43 heavy (non-hydrogen) atoms. The second-order valence-electron chi connectivity index (χ2n) is 10.7. The van der Waals surface area contributed by atoms with E-state index in [1.54, 1.807) is 11.3 Å². The molecule has 0 aliphatic heterocycles. The van der Waals surface area contributed by atoms with Crippen molar-refractivity contribution < 1.29 is 8.81 Å². The summed E-state index contributed by atoms with van der Waals surface area (Å²) in [6.07, 6.45) is 0. The molecule has 9 rings (SSSR count). The van der Waals surface area contributed by atoms with Gasteiger partial charge in [0.25, 0.3) is 0 Å². The molecule has 0 unspecified atom stereocenters. The quantitative estimate of drug-likeness (QED) is 0.208. The Bertz CT molecular complexity index is 2470. The van der Waals surface area contributed by atoms with E-state index in [9.17, 15) is 4.39 Å². The lowest BCUT2D eigenvalue weighted by molar-refractivity contribution is 0.627. The predicted octanol–water partition coefficient (Wildman–Crippen LogP) is 11.5. The second kappa shape index (κ2) is 9.31. The van der Waals surface area contributed by atoms with Gasteiger partial charge in [0.15, 0.2) is 5.58 Å². The maximum atomic E-state index is 13.8. The van der Waals surface area contributed by atoms with Crippen molar-refractivity contribution in [2.24, 2.45) is 0 Å². The minimum Gasteiger partial charge on any atom is -0.454 e. The highest BCUT2D eigenvalue weighted by Crippen LogP contribution is 2.44. The first-order valence-electron chi connectivity index (χ1n) is 14.2. The predicted molar refractivity (Wildman–Crippen MR) is 178 cm³/mol. The van der Waals surface area contributed by atoms with E-state index in [0.717, 1.165) is 66.5 Å². The molecule has 3 aromatic heterocycles. The average molecular weight is 575 g/mol. The van der Waals surface area contributed by atoms with Gasteiger partial charge in [-0.3, -0.25) is 0 Å². The van der Waals surface area contributed by atoms with Crippen LogP contribution in [0.2, 0.25) is 0 Å². The smallest absolute Gasteiger partial charge is 0.154 e. The third-order valence-corrected chi connectivity index (χ3v) is 9.41. The molecule has 5 heteroatoms. The van der Waals surface area contributed by atoms with Crippen LogP contribution in [0.1, 0.15) is 0 Å². The molecule has 6 aromatic carbocycles. The lowest BCUT2D eigenvalue weighted by Crippen LogP contribution is -2.09. The highest BCUT2D eigenvalue weighted by atomic mass is 32.1.